The normalized spacial score (nSPS) is 20.9. The van der Waals surface area contributed by atoms with Crippen molar-refractivity contribution in [1.29, 1.82) is 0 Å². The Morgan fingerprint density at radius 3 is 2.75 bits per heavy atom. The van der Waals surface area contributed by atoms with Gasteiger partial charge in [-0.2, -0.15) is 4.31 Å². The highest BCUT2D eigenvalue weighted by molar-refractivity contribution is 9.10. The topological polar surface area (TPSA) is 58.6 Å². The maximum Gasteiger partial charge on any atom is 0.247 e. The summed E-state index contributed by atoms with van der Waals surface area (Å²) in [4.78, 5) is 0.214. The van der Waals surface area contributed by atoms with Gasteiger partial charge in [0.1, 0.15) is 10.6 Å². The van der Waals surface area contributed by atoms with Crippen molar-refractivity contribution in [3.8, 4) is 5.75 Å². The Hall–Kier alpha value is -0.630. The fraction of sp³-hybridized carbons (Fsp3) is 0.538. The molecular weight excluding hydrogens is 344 g/mol. The van der Waals surface area contributed by atoms with Crippen molar-refractivity contribution in [3.63, 3.8) is 0 Å². The lowest BCUT2D eigenvalue weighted by Gasteiger charge is -2.33. The average Bonchev–Trinajstić information content (AvgIpc) is 2.41. The molecule has 0 unspecified atom stereocenters. The van der Waals surface area contributed by atoms with Gasteiger partial charge in [-0.15, -0.1) is 0 Å². The zero-order valence-electron chi connectivity index (χ0n) is 11.8. The summed E-state index contributed by atoms with van der Waals surface area (Å²) in [7, 11) is -2.07. The van der Waals surface area contributed by atoms with Crippen LogP contribution in [0.4, 0.5) is 0 Å². The van der Waals surface area contributed by atoms with Crippen LogP contribution in [0.5, 0.6) is 5.75 Å². The van der Waals surface area contributed by atoms with Crippen molar-refractivity contribution >= 4 is 26.0 Å². The van der Waals surface area contributed by atoms with Gasteiger partial charge in [0.2, 0.25) is 10.0 Å². The van der Waals surface area contributed by atoms with Crippen LogP contribution in [0.3, 0.4) is 0 Å². The van der Waals surface area contributed by atoms with Crippen molar-refractivity contribution < 1.29 is 13.2 Å². The van der Waals surface area contributed by atoms with Crippen LogP contribution in [0.2, 0.25) is 0 Å². The number of rotatable bonds is 3. The molecule has 2 rings (SSSR count). The van der Waals surface area contributed by atoms with Crippen molar-refractivity contribution in [1.82, 2.24) is 9.62 Å². The Labute approximate surface area is 128 Å². The number of methoxy groups -OCH3 is 1. The lowest BCUT2D eigenvalue weighted by molar-refractivity contribution is 0.282. The molecule has 1 aliphatic rings. The average molecular weight is 363 g/mol. The van der Waals surface area contributed by atoms with Gasteiger partial charge in [-0.1, -0.05) is 15.9 Å². The van der Waals surface area contributed by atoms with E-state index in [1.165, 1.54) is 11.4 Å². The minimum Gasteiger partial charge on any atom is -0.495 e. The predicted molar refractivity (Wildman–Crippen MR) is 81.7 cm³/mol. The smallest absolute Gasteiger partial charge is 0.247 e. The SMILES string of the molecule is COc1cc(C)c(Br)cc1S(=O)(=O)N1CCNC[C@H]1C. The maximum absolute atomic E-state index is 12.8. The second kappa shape index (κ2) is 6.01. The zero-order chi connectivity index (χ0) is 14.9. The van der Waals surface area contributed by atoms with Gasteiger partial charge < -0.3 is 10.1 Å². The van der Waals surface area contributed by atoms with E-state index >= 15 is 0 Å². The molecule has 0 aliphatic carbocycles. The molecule has 1 atom stereocenters. The summed E-state index contributed by atoms with van der Waals surface area (Å²) in [5.74, 6) is 0.386. The molecule has 112 valence electrons. The summed E-state index contributed by atoms with van der Waals surface area (Å²) in [5, 5.41) is 3.19. The molecule has 1 heterocycles. The third-order valence-corrected chi connectivity index (χ3v) is 6.36. The van der Waals surface area contributed by atoms with Crippen LogP contribution in [0, 0.1) is 6.92 Å². The first kappa shape index (κ1) is 15.8. The largest absolute Gasteiger partial charge is 0.495 e. The number of sulfonamides is 1. The minimum atomic E-state index is -3.55. The van der Waals surface area contributed by atoms with Crippen molar-refractivity contribution in [3.05, 3.63) is 22.2 Å². The zero-order valence-corrected chi connectivity index (χ0v) is 14.2. The van der Waals surface area contributed by atoms with Crippen molar-refractivity contribution in [2.45, 2.75) is 24.8 Å². The van der Waals surface area contributed by atoms with Gasteiger partial charge in [-0.3, -0.25) is 0 Å². The minimum absolute atomic E-state index is 0.0708. The van der Waals surface area contributed by atoms with E-state index in [0.717, 1.165) is 10.0 Å². The van der Waals surface area contributed by atoms with E-state index in [-0.39, 0.29) is 10.9 Å². The Kier molecular flexibility index (Phi) is 4.73. The molecule has 0 spiro atoms. The number of nitrogens with one attached hydrogen (secondary N) is 1. The summed E-state index contributed by atoms with van der Waals surface area (Å²) in [6, 6.07) is 3.29. The number of piperazine rings is 1. The van der Waals surface area contributed by atoms with Gasteiger partial charge >= 0.3 is 0 Å². The number of ether oxygens (including phenoxy) is 1. The lowest BCUT2D eigenvalue weighted by Crippen LogP contribution is -2.52. The maximum atomic E-state index is 12.8. The highest BCUT2D eigenvalue weighted by atomic mass is 79.9. The molecule has 0 bridgehead atoms. The molecule has 20 heavy (non-hydrogen) atoms. The van der Waals surface area contributed by atoms with E-state index < -0.39 is 10.0 Å². The van der Waals surface area contributed by atoms with Crippen molar-refractivity contribution in [2.75, 3.05) is 26.7 Å². The molecule has 0 aromatic heterocycles. The van der Waals surface area contributed by atoms with E-state index in [2.05, 4.69) is 21.2 Å². The van der Waals surface area contributed by atoms with Crippen LogP contribution in [0.25, 0.3) is 0 Å². The fourth-order valence-corrected chi connectivity index (χ4v) is 4.59. The van der Waals surface area contributed by atoms with Gasteiger partial charge in [0, 0.05) is 30.1 Å². The Morgan fingerprint density at radius 2 is 2.15 bits per heavy atom. The van der Waals surface area contributed by atoms with Gasteiger partial charge in [0.25, 0.3) is 0 Å². The first-order chi connectivity index (χ1) is 9.37. The molecule has 1 fully saturated rings. The molecule has 1 N–H and O–H groups in total. The van der Waals surface area contributed by atoms with Gasteiger partial charge in [0.05, 0.1) is 7.11 Å². The van der Waals surface area contributed by atoms with E-state index in [0.29, 0.717) is 25.4 Å². The van der Waals surface area contributed by atoms with Gasteiger partial charge in [-0.05, 0) is 31.5 Å². The second-order valence-electron chi connectivity index (χ2n) is 4.92. The Morgan fingerprint density at radius 1 is 1.45 bits per heavy atom. The van der Waals surface area contributed by atoms with Crippen LogP contribution in [-0.2, 0) is 10.0 Å². The highest BCUT2D eigenvalue weighted by Crippen LogP contribution is 2.33. The van der Waals surface area contributed by atoms with Crippen LogP contribution in [0.15, 0.2) is 21.5 Å². The van der Waals surface area contributed by atoms with Crippen LogP contribution < -0.4 is 10.1 Å². The molecule has 5 nitrogen and oxygen atoms in total. The third-order valence-electron chi connectivity index (χ3n) is 3.47. The second-order valence-corrected chi connectivity index (χ2v) is 7.63. The Balaban J connectivity index is 2.51. The summed E-state index contributed by atoms with van der Waals surface area (Å²) in [6.07, 6.45) is 0. The molecular formula is C13H19BrN2O3S. The van der Waals surface area contributed by atoms with E-state index in [9.17, 15) is 8.42 Å². The van der Waals surface area contributed by atoms with E-state index in [1.54, 1.807) is 12.1 Å². The van der Waals surface area contributed by atoms with Crippen molar-refractivity contribution in [2.24, 2.45) is 0 Å². The molecule has 0 amide bonds. The number of hydrogen-bond donors (Lipinski definition) is 1. The highest BCUT2D eigenvalue weighted by Gasteiger charge is 2.33. The fourth-order valence-electron chi connectivity index (χ4n) is 2.30. The van der Waals surface area contributed by atoms with Gasteiger partial charge in [-0.25, -0.2) is 8.42 Å². The number of hydrogen-bond acceptors (Lipinski definition) is 4. The van der Waals surface area contributed by atoms with Gasteiger partial charge in [0.15, 0.2) is 0 Å². The summed E-state index contributed by atoms with van der Waals surface area (Å²) >= 11 is 3.39. The number of nitrogens with zero attached hydrogens (tertiary/aromatic N) is 1. The van der Waals surface area contributed by atoms with E-state index in [4.69, 9.17) is 4.74 Å². The predicted octanol–water partition coefficient (Wildman–Crippen LogP) is 1.75. The summed E-state index contributed by atoms with van der Waals surface area (Å²) < 4.78 is 33.2. The molecule has 0 saturated carbocycles. The van der Waals surface area contributed by atoms with Crippen LogP contribution in [0.1, 0.15) is 12.5 Å². The first-order valence-corrected chi connectivity index (χ1v) is 8.68. The molecule has 1 aliphatic heterocycles. The number of halogens is 1. The Bertz CT molecular complexity index is 604. The molecule has 1 aromatic carbocycles. The van der Waals surface area contributed by atoms with Crippen LogP contribution in [-0.4, -0.2) is 45.5 Å². The number of aryl methyl sites for hydroxylation is 1. The summed E-state index contributed by atoms with van der Waals surface area (Å²) in [6.45, 7) is 5.60. The molecule has 0 radical (unpaired) electrons. The molecule has 1 aromatic rings. The molecule has 7 heteroatoms. The first-order valence-electron chi connectivity index (χ1n) is 6.44. The quantitative estimate of drug-likeness (QED) is 0.889. The summed E-state index contributed by atoms with van der Waals surface area (Å²) in [5.41, 5.74) is 0.939. The monoisotopic (exact) mass is 362 g/mol. The van der Waals surface area contributed by atoms with Crippen LogP contribution >= 0.6 is 15.9 Å². The lowest BCUT2D eigenvalue weighted by atomic mass is 10.2. The standard InChI is InChI=1S/C13H19BrN2O3S/c1-9-6-12(19-3)13(7-11(9)14)20(17,18)16-5-4-15-8-10(16)2/h6-7,10,15H,4-5,8H2,1-3H3/t10-/m1/s1. The third kappa shape index (κ3) is 2.86. The number of benzene rings is 1. The van der Waals surface area contributed by atoms with E-state index in [1.807, 2.05) is 13.8 Å². The molecule has 1 saturated heterocycles.